The number of anilines is 1. The van der Waals surface area contributed by atoms with Crippen molar-refractivity contribution in [1.29, 1.82) is 0 Å². The molecule has 3 rings (SSSR count). The van der Waals surface area contributed by atoms with Gasteiger partial charge in [-0.05, 0) is 81.0 Å². The lowest BCUT2D eigenvalue weighted by Gasteiger charge is -2.42. The Bertz CT molecular complexity index is 904. The molecular formula is C27H37F3N2. The third kappa shape index (κ3) is 5.07. The van der Waals surface area contributed by atoms with Gasteiger partial charge in [-0.1, -0.05) is 32.6 Å². The van der Waals surface area contributed by atoms with Gasteiger partial charge >= 0.3 is 0 Å². The zero-order valence-electron chi connectivity index (χ0n) is 20.2. The largest absolute Gasteiger partial charge is 0.374 e. The zero-order valence-corrected chi connectivity index (χ0v) is 20.2. The molecule has 0 amide bonds. The molecule has 32 heavy (non-hydrogen) atoms. The Labute approximate surface area is 191 Å². The van der Waals surface area contributed by atoms with Crippen molar-refractivity contribution < 1.29 is 13.2 Å². The van der Waals surface area contributed by atoms with Gasteiger partial charge in [-0.25, -0.2) is 13.2 Å². The summed E-state index contributed by atoms with van der Waals surface area (Å²) in [7, 11) is 1.89. The van der Waals surface area contributed by atoms with Crippen molar-refractivity contribution in [3.05, 3.63) is 60.0 Å². The number of hydrogen-bond donors (Lipinski definition) is 1. The van der Waals surface area contributed by atoms with E-state index < -0.39 is 11.6 Å². The Hall–Kier alpha value is -2.17. The molecule has 1 aromatic rings. The molecule has 176 valence electrons. The van der Waals surface area contributed by atoms with Crippen LogP contribution >= 0.6 is 0 Å². The highest BCUT2D eigenvalue weighted by atomic mass is 19.3. The Kier molecular flexibility index (Phi) is 6.61. The minimum Gasteiger partial charge on any atom is -0.374 e. The van der Waals surface area contributed by atoms with Gasteiger partial charge < -0.3 is 10.2 Å². The number of rotatable bonds is 6. The highest BCUT2D eigenvalue weighted by Crippen LogP contribution is 2.47. The van der Waals surface area contributed by atoms with Gasteiger partial charge in [0.05, 0.1) is 6.04 Å². The second-order valence-corrected chi connectivity index (χ2v) is 10.5. The molecule has 0 saturated heterocycles. The summed E-state index contributed by atoms with van der Waals surface area (Å²) >= 11 is 0. The van der Waals surface area contributed by atoms with Crippen LogP contribution in [0.1, 0.15) is 65.9 Å². The molecule has 0 bridgehead atoms. The van der Waals surface area contributed by atoms with Gasteiger partial charge in [0.1, 0.15) is 5.67 Å². The van der Waals surface area contributed by atoms with Crippen LogP contribution < -0.4 is 5.32 Å². The maximum absolute atomic E-state index is 14.6. The lowest BCUT2D eigenvalue weighted by atomic mass is 9.66. The molecule has 0 aromatic heterocycles. The second kappa shape index (κ2) is 8.64. The highest BCUT2D eigenvalue weighted by molar-refractivity contribution is 5.77. The molecule has 1 heterocycles. The van der Waals surface area contributed by atoms with Crippen molar-refractivity contribution in [3.63, 3.8) is 0 Å². The summed E-state index contributed by atoms with van der Waals surface area (Å²) in [5.74, 6) is -2.70. The van der Waals surface area contributed by atoms with Crippen LogP contribution in [0.2, 0.25) is 0 Å². The van der Waals surface area contributed by atoms with Gasteiger partial charge in [-0.2, -0.15) is 0 Å². The molecule has 1 saturated carbocycles. The molecule has 3 atom stereocenters. The number of likely N-dealkylation sites (N-methyl/N-ethyl adjacent to an activating group) is 1. The van der Waals surface area contributed by atoms with E-state index in [1.54, 1.807) is 13.1 Å². The fourth-order valence-corrected chi connectivity index (χ4v) is 4.98. The van der Waals surface area contributed by atoms with E-state index in [2.05, 4.69) is 25.7 Å². The first-order valence-electron chi connectivity index (χ1n) is 11.5. The quantitative estimate of drug-likeness (QED) is 0.479. The van der Waals surface area contributed by atoms with Crippen molar-refractivity contribution in [3.8, 4) is 0 Å². The first-order chi connectivity index (χ1) is 14.7. The van der Waals surface area contributed by atoms with Crippen LogP contribution in [0.3, 0.4) is 0 Å². The average molecular weight is 447 g/mol. The zero-order chi connectivity index (χ0) is 23.9. The third-order valence-electron chi connectivity index (χ3n) is 7.48. The Balaban J connectivity index is 1.80. The summed E-state index contributed by atoms with van der Waals surface area (Å²) in [6.07, 6.45) is 6.27. The molecule has 1 aliphatic carbocycles. The summed E-state index contributed by atoms with van der Waals surface area (Å²) in [5.41, 5.74) is 1.79. The van der Waals surface area contributed by atoms with Gasteiger partial charge in [0.2, 0.25) is 0 Å². The standard InChI is InChI=1S/C27H37F3N2/c1-18-24(23(27(6,29)30)14-16-32(18)7)20-10-12-22(13-11-20)31-19(2)25(3,4)21-9-8-15-26(5,28)17-21/h10-14,16,18,21,31H,2,8-9,15,17H2,1,3-7H3. The van der Waals surface area contributed by atoms with Crippen molar-refractivity contribution >= 4 is 11.3 Å². The molecule has 1 fully saturated rings. The van der Waals surface area contributed by atoms with E-state index >= 15 is 0 Å². The van der Waals surface area contributed by atoms with Crippen LogP contribution in [0, 0.1) is 11.3 Å². The third-order valence-corrected chi connectivity index (χ3v) is 7.48. The smallest absolute Gasteiger partial charge is 0.270 e. The van der Waals surface area contributed by atoms with Crippen LogP contribution in [0.4, 0.5) is 18.9 Å². The number of benzene rings is 1. The van der Waals surface area contributed by atoms with Crippen molar-refractivity contribution in [2.75, 3.05) is 12.4 Å². The van der Waals surface area contributed by atoms with Crippen LogP contribution in [-0.2, 0) is 0 Å². The average Bonchev–Trinajstić information content (AvgIpc) is 2.69. The summed E-state index contributed by atoms with van der Waals surface area (Å²) in [5, 5.41) is 3.39. The fourth-order valence-electron chi connectivity index (χ4n) is 4.98. The maximum atomic E-state index is 14.6. The van der Waals surface area contributed by atoms with Gasteiger partial charge in [-0.15, -0.1) is 0 Å². The topological polar surface area (TPSA) is 15.3 Å². The van der Waals surface area contributed by atoms with E-state index in [9.17, 15) is 13.2 Å². The number of halogens is 3. The molecule has 5 heteroatoms. The van der Waals surface area contributed by atoms with E-state index in [1.807, 2.05) is 43.1 Å². The van der Waals surface area contributed by atoms with Crippen LogP contribution in [0.15, 0.2) is 54.4 Å². The van der Waals surface area contributed by atoms with Crippen LogP contribution in [0.25, 0.3) is 5.57 Å². The lowest BCUT2D eigenvalue weighted by molar-refractivity contribution is 0.0544. The molecule has 2 nitrogen and oxygen atoms in total. The molecule has 2 aliphatic rings. The SMILES string of the molecule is C=C(Nc1ccc(C2=C(C(C)(F)F)C=CN(C)C2C)cc1)C(C)(C)C1CCCC(C)(F)C1. The molecular weight excluding hydrogens is 409 g/mol. The minimum atomic E-state index is -2.92. The summed E-state index contributed by atoms with van der Waals surface area (Å²) in [4.78, 5) is 1.93. The molecule has 0 spiro atoms. The van der Waals surface area contributed by atoms with Gasteiger partial charge in [0.25, 0.3) is 5.92 Å². The molecule has 1 aromatic carbocycles. The van der Waals surface area contributed by atoms with Crippen LogP contribution in [0.5, 0.6) is 0 Å². The first-order valence-corrected chi connectivity index (χ1v) is 11.5. The van der Waals surface area contributed by atoms with E-state index in [4.69, 9.17) is 0 Å². The second-order valence-electron chi connectivity index (χ2n) is 10.5. The minimum absolute atomic E-state index is 0.0564. The Morgan fingerprint density at radius 2 is 1.81 bits per heavy atom. The number of nitrogens with one attached hydrogen (secondary N) is 1. The Morgan fingerprint density at radius 3 is 2.38 bits per heavy atom. The number of nitrogens with zero attached hydrogens (tertiary/aromatic N) is 1. The number of alkyl halides is 3. The first kappa shape index (κ1) is 24.5. The van der Waals surface area contributed by atoms with Gasteiger partial charge in [0, 0.05) is 36.3 Å². The maximum Gasteiger partial charge on any atom is 0.270 e. The van der Waals surface area contributed by atoms with Gasteiger partial charge in [0.15, 0.2) is 0 Å². The predicted molar refractivity (Wildman–Crippen MR) is 128 cm³/mol. The Morgan fingerprint density at radius 1 is 1.19 bits per heavy atom. The van der Waals surface area contributed by atoms with Crippen LogP contribution in [-0.4, -0.2) is 29.6 Å². The van der Waals surface area contributed by atoms with E-state index in [0.717, 1.165) is 36.7 Å². The van der Waals surface area contributed by atoms with Crippen molar-refractivity contribution in [1.82, 2.24) is 4.90 Å². The fraction of sp³-hybridized carbons (Fsp3) is 0.556. The normalized spacial score (nSPS) is 27.0. The molecule has 0 radical (unpaired) electrons. The van der Waals surface area contributed by atoms with Crippen molar-refractivity contribution in [2.45, 2.75) is 77.9 Å². The number of allylic oxidation sites excluding steroid dienone is 3. The highest BCUT2D eigenvalue weighted by Gasteiger charge is 2.41. The lowest BCUT2D eigenvalue weighted by Crippen LogP contribution is -2.37. The monoisotopic (exact) mass is 446 g/mol. The van der Waals surface area contributed by atoms with E-state index in [1.165, 1.54) is 6.08 Å². The van der Waals surface area contributed by atoms with E-state index in [0.29, 0.717) is 18.4 Å². The predicted octanol–water partition coefficient (Wildman–Crippen LogP) is 7.81. The molecule has 3 unspecified atom stereocenters. The molecule has 1 N–H and O–H groups in total. The van der Waals surface area contributed by atoms with E-state index in [-0.39, 0.29) is 22.9 Å². The summed E-state index contributed by atoms with van der Waals surface area (Å²) in [6, 6.07) is 7.41. The van der Waals surface area contributed by atoms with Crippen molar-refractivity contribution in [2.24, 2.45) is 11.3 Å². The summed E-state index contributed by atoms with van der Waals surface area (Å²) in [6.45, 7) is 13.1. The number of hydrogen-bond acceptors (Lipinski definition) is 2. The van der Waals surface area contributed by atoms with Gasteiger partial charge in [-0.3, -0.25) is 0 Å². The molecule has 1 aliphatic heterocycles. The summed E-state index contributed by atoms with van der Waals surface area (Å²) < 4.78 is 43.2.